The molecule has 2 aromatic heterocycles. The molecule has 32 heavy (non-hydrogen) atoms. The molecule has 3 aromatic rings. The van der Waals surface area contributed by atoms with Crippen molar-refractivity contribution in [3.8, 4) is 0 Å². The molecule has 0 radical (unpaired) electrons. The van der Waals surface area contributed by atoms with E-state index in [2.05, 4.69) is 25.2 Å². The van der Waals surface area contributed by atoms with E-state index in [1.54, 1.807) is 12.4 Å². The van der Waals surface area contributed by atoms with Crippen LogP contribution < -0.4 is 16.0 Å². The topological polar surface area (TPSA) is 123 Å². The zero-order valence-corrected chi connectivity index (χ0v) is 18.1. The monoisotopic (exact) mass is 454 g/mol. The van der Waals surface area contributed by atoms with Crippen LogP contribution in [0.4, 0.5) is 11.8 Å². The van der Waals surface area contributed by atoms with Crippen molar-refractivity contribution in [3.63, 3.8) is 0 Å². The highest BCUT2D eigenvalue weighted by Crippen LogP contribution is 2.28. The van der Waals surface area contributed by atoms with Crippen LogP contribution in [0.15, 0.2) is 42.7 Å². The van der Waals surface area contributed by atoms with Crippen LogP contribution in [0, 0.1) is 5.92 Å². The van der Waals surface area contributed by atoms with Gasteiger partial charge in [-0.2, -0.15) is 0 Å². The van der Waals surface area contributed by atoms with Crippen molar-refractivity contribution < 1.29 is 14.3 Å². The molecule has 0 saturated carbocycles. The Morgan fingerprint density at radius 2 is 1.97 bits per heavy atom. The average molecular weight is 455 g/mol. The van der Waals surface area contributed by atoms with E-state index in [1.807, 2.05) is 30.3 Å². The number of hydrogen-bond acceptors (Lipinski definition) is 8. The number of piperidine rings is 1. The normalized spacial score (nSPS) is 14.3. The zero-order valence-electron chi connectivity index (χ0n) is 17.3. The van der Waals surface area contributed by atoms with E-state index in [0.29, 0.717) is 43.4 Å². The van der Waals surface area contributed by atoms with Gasteiger partial charge in [-0.1, -0.05) is 29.8 Å². The number of primary amides is 1. The van der Waals surface area contributed by atoms with Gasteiger partial charge in [-0.25, -0.2) is 15.0 Å². The molecule has 0 spiro atoms. The SMILES string of the molecule is NC(=O)COC(=O)C1CCN(c2nccc3nc(NCc4ccccc4Cl)ncc23)CC1. The number of ether oxygens (including phenoxy) is 1. The molecule has 3 heterocycles. The molecule has 0 unspecified atom stereocenters. The molecule has 1 aliphatic rings. The summed E-state index contributed by atoms with van der Waals surface area (Å²) in [6, 6.07) is 9.46. The number of carbonyl (C=O) groups is 2. The Kier molecular flexibility index (Phi) is 6.65. The Labute approximate surface area is 189 Å². The van der Waals surface area contributed by atoms with Crippen molar-refractivity contribution in [2.45, 2.75) is 19.4 Å². The summed E-state index contributed by atoms with van der Waals surface area (Å²) in [4.78, 5) is 38.6. The molecule has 1 amide bonds. The quantitative estimate of drug-likeness (QED) is 0.522. The van der Waals surface area contributed by atoms with E-state index in [4.69, 9.17) is 22.1 Å². The number of esters is 1. The number of nitrogens with one attached hydrogen (secondary N) is 1. The van der Waals surface area contributed by atoms with E-state index < -0.39 is 5.91 Å². The number of hydrogen-bond donors (Lipinski definition) is 2. The number of anilines is 2. The van der Waals surface area contributed by atoms with Crippen LogP contribution >= 0.6 is 11.6 Å². The number of pyridine rings is 1. The van der Waals surface area contributed by atoms with Crippen molar-refractivity contribution in [1.82, 2.24) is 15.0 Å². The second-order valence-corrected chi connectivity index (χ2v) is 7.95. The predicted octanol–water partition coefficient (Wildman–Crippen LogP) is 2.54. The van der Waals surface area contributed by atoms with Crippen LogP contribution in [0.5, 0.6) is 0 Å². The maximum atomic E-state index is 12.1. The Balaban J connectivity index is 1.42. The molecule has 0 aliphatic carbocycles. The van der Waals surface area contributed by atoms with Crippen LogP contribution in [-0.4, -0.2) is 46.5 Å². The molecule has 1 aliphatic heterocycles. The van der Waals surface area contributed by atoms with Crippen molar-refractivity contribution in [2.24, 2.45) is 11.7 Å². The van der Waals surface area contributed by atoms with Crippen LogP contribution in [0.2, 0.25) is 5.02 Å². The third-order valence-electron chi connectivity index (χ3n) is 5.37. The van der Waals surface area contributed by atoms with Gasteiger partial charge in [0.25, 0.3) is 5.91 Å². The van der Waals surface area contributed by atoms with Gasteiger partial charge in [-0.3, -0.25) is 9.59 Å². The minimum Gasteiger partial charge on any atom is -0.455 e. The van der Waals surface area contributed by atoms with Crippen LogP contribution in [0.25, 0.3) is 10.9 Å². The lowest BCUT2D eigenvalue weighted by Gasteiger charge is -2.32. The number of nitrogens with two attached hydrogens (primary N) is 1. The second kappa shape index (κ2) is 9.78. The van der Waals surface area contributed by atoms with Gasteiger partial charge in [0.2, 0.25) is 5.95 Å². The standard InChI is InChI=1S/C22H23ClN6O3/c23-17-4-2-1-3-15(17)11-26-22-27-12-16-18(28-22)5-8-25-20(16)29-9-6-14(7-10-29)21(31)32-13-19(24)30/h1-5,8,12,14H,6-7,9-11,13H2,(H2,24,30)(H,26,27,28). The minimum atomic E-state index is -0.656. The lowest BCUT2D eigenvalue weighted by Crippen LogP contribution is -2.38. The highest BCUT2D eigenvalue weighted by molar-refractivity contribution is 6.31. The van der Waals surface area contributed by atoms with E-state index in [0.717, 1.165) is 22.3 Å². The number of halogens is 1. The molecule has 9 nitrogen and oxygen atoms in total. The van der Waals surface area contributed by atoms with Crippen LogP contribution in [0.1, 0.15) is 18.4 Å². The Bertz CT molecular complexity index is 1130. The molecule has 166 valence electrons. The Morgan fingerprint density at radius 1 is 1.19 bits per heavy atom. The van der Waals surface area contributed by atoms with Crippen molar-refractivity contribution >= 4 is 46.1 Å². The number of fused-ring (bicyclic) bond motifs is 1. The van der Waals surface area contributed by atoms with E-state index in [9.17, 15) is 9.59 Å². The fraction of sp³-hybridized carbons (Fsp3) is 0.318. The van der Waals surface area contributed by atoms with E-state index >= 15 is 0 Å². The first-order chi connectivity index (χ1) is 15.5. The first-order valence-electron chi connectivity index (χ1n) is 10.3. The maximum Gasteiger partial charge on any atom is 0.309 e. The fourth-order valence-corrected chi connectivity index (χ4v) is 3.89. The molecule has 1 saturated heterocycles. The summed E-state index contributed by atoms with van der Waals surface area (Å²) >= 11 is 6.21. The lowest BCUT2D eigenvalue weighted by molar-refractivity contribution is -0.152. The molecular formula is C22H23ClN6O3. The van der Waals surface area contributed by atoms with Crippen LogP contribution in [0.3, 0.4) is 0 Å². The first-order valence-corrected chi connectivity index (χ1v) is 10.7. The van der Waals surface area contributed by atoms with Gasteiger partial charge in [-0.15, -0.1) is 0 Å². The number of rotatable bonds is 7. The summed E-state index contributed by atoms with van der Waals surface area (Å²) in [6.07, 6.45) is 4.69. The molecule has 1 aromatic carbocycles. The van der Waals surface area contributed by atoms with E-state index in [1.165, 1.54) is 0 Å². The highest BCUT2D eigenvalue weighted by atomic mass is 35.5. The summed E-state index contributed by atoms with van der Waals surface area (Å²) in [5.74, 6) is -0.00427. The minimum absolute atomic E-state index is 0.252. The number of nitrogens with zero attached hydrogens (tertiary/aromatic N) is 4. The molecular weight excluding hydrogens is 432 g/mol. The van der Waals surface area contributed by atoms with Gasteiger partial charge >= 0.3 is 5.97 Å². The summed E-state index contributed by atoms with van der Waals surface area (Å²) in [7, 11) is 0. The number of aromatic nitrogens is 3. The molecule has 4 rings (SSSR count). The lowest BCUT2D eigenvalue weighted by atomic mass is 9.97. The number of benzene rings is 1. The van der Waals surface area contributed by atoms with Crippen molar-refractivity contribution in [1.29, 1.82) is 0 Å². The summed E-state index contributed by atoms with van der Waals surface area (Å²) < 4.78 is 4.95. The number of amides is 1. The van der Waals surface area contributed by atoms with E-state index in [-0.39, 0.29) is 18.5 Å². The average Bonchev–Trinajstić information content (AvgIpc) is 2.81. The zero-order chi connectivity index (χ0) is 22.5. The van der Waals surface area contributed by atoms with Gasteiger partial charge in [0.1, 0.15) is 5.82 Å². The summed E-state index contributed by atoms with van der Waals surface area (Å²) in [5.41, 5.74) is 6.77. The largest absolute Gasteiger partial charge is 0.455 e. The maximum absolute atomic E-state index is 12.1. The summed E-state index contributed by atoms with van der Waals surface area (Å²) in [5, 5.41) is 4.73. The van der Waals surface area contributed by atoms with Gasteiger partial charge in [0.15, 0.2) is 6.61 Å². The molecule has 0 bridgehead atoms. The van der Waals surface area contributed by atoms with Gasteiger partial charge in [-0.05, 0) is 30.5 Å². The molecule has 3 N–H and O–H groups in total. The Morgan fingerprint density at radius 3 is 2.72 bits per heavy atom. The Hall–Kier alpha value is -3.46. The van der Waals surface area contributed by atoms with Crippen molar-refractivity contribution in [3.05, 3.63) is 53.3 Å². The van der Waals surface area contributed by atoms with Gasteiger partial charge < -0.3 is 20.7 Å². The van der Waals surface area contributed by atoms with Gasteiger partial charge in [0, 0.05) is 37.1 Å². The predicted molar refractivity (Wildman–Crippen MR) is 121 cm³/mol. The third kappa shape index (κ3) is 5.05. The van der Waals surface area contributed by atoms with Crippen molar-refractivity contribution in [2.75, 3.05) is 29.9 Å². The fourth-order valence-electron chi connectivity index (χ4n) is 3.68. The molecule has 0 atom stereocenters. The summed E-state index contributed by atoms with van der Waals surface area (Å²) in [6.45, 7) is 1.40. The van der Waals surface area contributed by atoms with Crippen LogP contribution in [-0.2, 0) is 20.9 Å². The second-order valence-electron chi connectivity index (χ2n) is 7.54. The highest BCUT2D eigenvalue weighted by Gasteiger charge is 2.28. The number of carbonyl (C=O) groups excluding carboxylic acids is 2. The smallest absolute Gasteiger partial charge is 0.309 e. The third-order valence-corrected chi connectivity index (χ3v) is 5.74. The van der Waals surface area contributed by atoms with Gasteiger partial charge in [0.05, 0.1) is 16.8 Å². The molecule has 1 fully saturated rings. The first kappa shape index (κ1) is 21.8. The molecule has 10 heteroatoms.